The average Bonchev–Trinajstić information content (AvgIpc) is 2.37. The molecule has 0 aliphatic heterocycles. The molecule has 0 amide bonds. The van der Waals surface area contributed by atoms with Crippen LogP contribution >= 0.6 is 0 Å². The molecule has 1 nitrogen and oxygen atoms in total. The van der Waals surface area contributed by atoms with Crippen LogP contribution in [0.4, 0.5) is 0 Å². The van der Waals surface area contributed by atoms with Gasteiger partial charge in [-0.05, 0) is 31.9 Å². The van der Waals surface area contributed by atoms with Gasteiger partial charge in [-0.15, -0.1) is 0 Å². The number of hydrogen-bond donors (Lipinski definition) is 0. The Balaban J connectivity index is 3.39. The van der Waals surface area contributed by atoms with Crippen molar-refractivity contribution >= 4 is 0 Å². The van der Waals surface area contributed by atoms with Crippen molar-refractivity contribution in [2.45, 2.75) is 85.0 Å². The first-order chi connectivity index (χ1) is 8.85. The van der Waals surface area contributed by atoms with Crippen LogP contribution in [0, 0.1) is 0 Å². The van der Waals surface area contributed by atoms with Crippen molar-refractivity contribution in [1.29, 1.82) is 0 Å². The fourth-order valence-corrected chi connectivity index (χ4v) is 2.28. The van der Waals surface area contributed by atoms with Gasteiger partial charge in [-0.3, -0.25) is 0 Å². The molecule has 0 aromatic heterocycles. The summed E-state index contributed by atoms with van der Waals surface area (Å²) in [4.78, 5) is 2.46. The zero-order chi connectivity index (χ0) is 13.5. The summed E-state index contributed by atoms with van der Waals surface area (Å²) in [6.45, 7) is 9.21. The molecule has 0 bridgehead atoms. The summed E-state index contributed by atoms with van der Waals surface area (Å²) < 4.78 is 0. The van der Waals surface area contributed by atoms with E-state index in [0.717, 1.165) is 0 Å². The smallest absolute Gasteiger partial charge is 0.0169 e. The maximum Gasteiger partial charge on any atom is 0.0169 e. The van der Waals surface area contributed by atoms with Crippen LogP contribution in [0.2, 0.25) is 0 Å². The van der Waals surface area contributed by atoms with E-state index in [9.17, 15) is 0 Å². The Morgan fingerprint density at radius 3 is 1.78 bits per heavy atom. The molecule has 0 aromatic rings. The van der Waals surface area contributed by atoms with Crippen molar-refractivity contribution in [3.05, 3.63) is 12.3 Å². The van der Waals surface area contributed by atoms with Crippen LogP contribution in [0.1, 0.15) is 85.0 Å². The highest BCUT2D eigenvalue weighted by atomic mass is 15.1. The van der Waals surface area contributed by atoms with Crippen molar-refractivity contribution in [2.75, 3.05) is 13.1 Å². The molecule has 0 heterocycles. The minimum Gasteiger partial charge on any atom is -0.378 e. The van der Waals surface area contributed by atoms with Gasteiger partial charge in [0.15, 0.2) is 0 Å². The van der Waals surface area contributed by atoms with Gasteiger partial charge in [-0.2, -0.15) is 0 Å². The van der Waals surface area contributed by atoms with Crippen LogP contribution in [0.3, 0.4) is 0 Å². The average molecular weight is 253 g/mol. The third-order valence-corrected chi connectivity index (χ3v) is 3.31. The minimum absolute atomic E-state index is 1.21. The molecule has 108 valence electrons. The van der Waals surface area contributed by atoms with E-state index in [-0.39, 0.29) is 0 Å². The third kappa shape index (κ3) is 12.0. The third-order valence-electron chi connectivity index (χ3n) is 3.31. The van der Waals surface area contributed by atoms with Crippen LogP contribution in [0.25, 0.3) is 0 Å². The maximum absolute atomic E-state index is 2.46. The van der Waals surface area contributed by atoms with E-state index >= 15 is 0 Å². The molecule has 0 fully saturated rings. The van der Waals surface area contributed by atoms with Crippen LogP contribution in [0.5, 0.6) is 0 Å². The minimum atomic E-state index is 1.21. The van der Waals surface area contributed by atoms with Crippen molar-refractivity contribution in [3.8, 4) is 0 Å². The predicted molar refractivity (Wildman–Crippen MR) is 83.9 cm³/mol. The lowest BCUT2D eigenvalue weighted by Crippen LogP contribution is -2.18. The molecule has 0 aliphatic rings. The zero-order valence-electron chi connectivity index (χ0n) is 13.1. The van der Waals surface area contributed by atoms with Crippen molar-refractivity contribution in [2.24, 2.45) is 0 Å². The quantitative estimate of drug-likeness (QED) is 0.377. The number of unbranched alkanes of at least 4 members (excludes halogenated alkanes) is 7. The fraction of sp³-hybridized carbons (Fsp3) is 0.882. The second-order valence-corrected chi connectivity index (χ2v) is 5.33. The van der Waals surface area contributed by atoms with Gasteiger partial charge in [0.05, 0.1) is 0 Å². The van der Waals surface area contributed by atoms with Gasteiger partial charge < -0.3 is 4.90 Å². The van der Waals surface area contributed by atoms with E-state index in [4.69, 9.17) is 0 Å². The number of nitrogens with zero attached hydrogens (tertiary/aromatic N) is 1. The van der Waals surface area contributed by atoms with E-state index in [2.05, 4.69) is 37.9 Å². The molecule has 0 atom stereocenters. The number of allylic oxidation sites excluding steroid dienone is 1. The Morgan fingerprint density at radius 2 is 1.22 bits per heavy atom. The van der Waals surface area contributed by atoms with Gasteiger partial charge in [-0.25, -0.2) is 0 Å². The van der Waals surface area contributed by atoms with Gasteiger partial charge in [0.2, 0.25) is 0 Å². The van der Waals surface area contributed by atoms with Crippen LogP contribution < -0.4 is 0 Å². The molecule has 0 unspecified atom stereocenters. The monoisotopic (exact) mass is 253 g/mol. The Hall–Kier alpha value is -0.460. The van der Waals surface area contributed by atoms with E-state index in [1.807, 2.05) is 0 Å². The fourth-order valence-electron chi connectivity index (χ4n) is 2.28. The lowest BCUT2D eigenvalue weighted by atomic mass is 10.1. The predicted octanol–water partition coefficient (Wildman–Crippen LogP) is 5.76. The summed E-state index contributed by atoms with van der Waals surface area (Å²) in [7, 11) is 0. The van der Waals surface area contributed by atoms with Crippen molar-refractivity contribution in [3.63, 3.8) is 0 Å². The van der Waals surface area contributed by atoms with E-state index in [1.54, 1.807) is 0 Å². The summed E-state index contributed by atoms with van der Waals surface area (Å²) >= 11 is 0. The van der Waals surface area contributed by atoms with E-state index in [0.29, 0.717) is 0 Å². The van der Waals surface area contributed by atoms with Crippen LogP contribution in [-0.4, -0.2) is 18.0 Å². The SMILES string of the molecule is CCCCCCCCCC=CN(CCC)CCC. The number of rotatable bonds is 13. The normalized spacial score (nSPS) is 11.3. The molecule has 0 radical (unpaired) electrons. The molecule has 0 aliphatic carbocycles. The van der Waals surface area contributed by atoms with Crippen molar-refractivity contribution < 1.29 is 0 Å². The van der Waals surface area contributed by atoms with Gasteiger partial charge >= 0.3 is 0 Å². The second kappa shape index (κ2) is 14.6. The summed E-state index contributed by atoms with van der Waals surface area (Å²) in [5, 5.41) is 0. The molecular formula is C17H35N. The van der Waals surface area contributed by atoms with Crippen LogP contribution in [0.15, 0.2) is 12.3 Å². The molecule has 0 saturated heterocycles. The molecule has 1 heteroatoms. The Morgan fingerprint density at radius 1 is 0.667 bits per heavy atom. The second-order valence-electron chi connectivity index (χ2n) is 5.33. The molecule has 0 N–H and O–H groups in total. The standard InChI is InChI=1S/C17H35N/c1-4-7-8-9-10-11-12-13-14-17-18(15-5-2)16-6-3/h14,17H,4-13,15-16H2,1-3H3. The zero-order valence-corrected chi connectivity index (χ0v) is 13.1. The highest BCUT2D eigenvalue weighted by molar-refractivity contribution is 4.82. The van der Waals surface area contributed by atoms with Crippen LogP contribution in [-0.2, 0) is 0 Å². The van der Waals surface area contributed by atoms with E-state index in [1.165, 1.54) is 77.3 Å². The summed E-state index contributed by atoms with van der Waals surface area (Å²) in [6, 6.07) is 0. The van der Waals surface area contributed by atoms with Gasteiger partial charge in [-0.1, -0.05) is 65.4 Å². The van der Waals surface area contributed by atoms with E-state index < -0.39 is 0 Å². The Bertz CT molecular complexity index is 168. The first-order valence-electron chi connectivity index (χ1n) is 8.25. The number of hydrogen-bond acceptors (Lipinski definition) is 1. The summed E-state index contributed by atoms with van der Waals surface area (Å²) in [6.07, 6.45) is 18.3. The topological polar surface area (TPSA) is 3.24 Å². The highest BCUT2D eigenvalue weighted by Gasteiger charge is 1.94. The lowest BCUT2D eigenvalue weighted by molar-refractivity contribution is 0.374. The molecule has 18 heavy (non-hydrogen) atoms. The largest absolute Gasteiger partial charge is 0.378 e. The summed E-state index contributed by atoms with van der Waals surface area (Å²) in [5.41, 5.74) is 0. The maximum atomic E-state index is 2.46. The molecular weight excluding hydrogens is 218 g/mol. The lowest BCUT2D eigenvalue weighted by Gasteiger charge is -2.18. The van der Waals surface area contributed by atoms with Gasteiger partial charge in [0, 0.05) is 13.1 Å². The molecule has 0 saturated carbocycles. The van der Waals surface area contributed by atoms with Gasteiger partial charge in [0.1, 0.15) is 0 Å². The van der Waals surface area contributed by atoms with Gasteiger partial charge in [0.25, 0.3) is 0 Å². The van der Waals surface area contributed by atoms with Crippen molar-refractivity contribution in [1.82, 2.24) is 4.90 Å². The molecule has 0 aromatic carbocycles. The molecule has 0 spiro atoms. The summed E-state index contributed by atoms with van der Waals surface area (Å²) in [5.74, 6) is 0. The molecule has 0 rings (SSSR count). The highest BCUT2D eigenvalue weighted by Crippen LogP contribution is 2.08. The first-order valence-corrected chi connectivity index (χ1v) is 8.25. The first kappa shape index (κ1) is 17.5. The Labute approximate surface area is 116 Å². The Kier molecular flexibility index (Phi) is 14.2.